The first-order chi connectivity index (χ1) is 10.3. The summed E-state index contributed by atoms with van der Waals surface area (Å²) in [7, 11) is 0. The van der Waals surface area contributed by atoms with Crippen molar-refractivity contribution < 1.29 is 4.74 Å². The molecule has 0 radical (unpaired) electrons. The first-order valence-electron chi connectivity index (χ1n) is 8.81. The van der Waals surface area contributed by atoms with Gasteiger partial charge in [0.2, 0.25) is 0 Å². The summed E-state index contributed by atoms with van der Waals surface area (Å²) in [4.78, 5) is 0. The van der Waals surface area contributed by atoms with Crippen molar-refractivity contribution in [3.05, 3.63) is 29.8 Å². The van der Waals surface area contributed by atoms with Crippen LogP contribution in [0.4, 0.5) is 0 Å². The van der Waals surface area contributed by atoms with Gasteiger partial charge in [-0.1, -0.05) is 45.2 Å². The minimum Gasteiger partial charge on any atom is -0.494 e. The van der Waals surface area contributed by atoms with Gasteiger partial charge in [-0.15, -0.1) is 0 Å². The molecule has 0 amide bonds. The molecule has 1 fully saturated rings. The summed E-state index contributed by atoms with van der Waals surface area (Å²) in [5.41, 5.74) is 1.43. The third kappa shape index (κ3) is 5.03. The topological polar surface area (TPSA) is 21.3 Å². The lowest BCUT2D eigenvalue weighted by atomic mass is 9.81. The lowest BCUT2D eigenvalue weighted by Crippen LogP contribution is -2.30. The molecule has 1 atom stereocenters. The number of hydrogen-bond acceptors (Lipinski definition) is 2. The predicted octanol–water partition coefficient (Wildman–Crippen LogP) is 5.10. The second-order valence-corrected chi connectivity index (χ2v) is 6.25. The zero-order chi connectivity index (χ0) is 14.9. The van der Waals surface area contributed by atoms with Crippen LogP contribution in [0.15, 0.2) is 24.3 Å². The van der Waals surface area contributed by atoms with Gasteiger partial charge in [0.05, 0.1) is 6.61 Å². The fraction of sp³-hybridized carbons (Fsp3) is 0.684. The van der Waals surface area contributed by atoms with Gasteiger partial charge >= 0.3 is 0 Å². The second kappa shape index (κ2) is 9.09. The van der Waals surface area contributed by atoms with Crippen molar-refractivity contribution in [2.24, 2.45) is 5.92 Å². The summed E-state index contributed by atoms with van der Waals surface area (Å²) in [6, 6.07) is 9.30. The van der Waals surface area contributed by atoms with Crippen LogP contribution in [0.2, 0.25) is 0 Å². The first kappa shape index (κ1) is 16.4. The van der Waals surface area contributed by atoms with E-state index in [0.717, 1.165) is 31.2 Å². The van der Waals surface area contributed by atoms with Crippen molar-refractivity contribution in [3.8, 4) is 5.75 Å². The maximum absolute atomic E-state index is 5.70. The highest BCUT2D eigenvalue weighted by atomic mass is 16.5. The molecule has 0 heterocycles. The third-order valence-electron chi connectivity index (χ3n) is 4.45. The Balaban J connectivity index is 2.04. The molecule has 0 bridgehead atoms. The maximum atomic E-state index is 5.70. The van der Waals surface area contributed by atoms with Crippen LogP contribution in [0.1, 0.15) is 70.4 Å². The van der Waals surface area contributed by atoms with Crippen LogP contribution in [0.25, 0.3) is 0 Å². The summed E-state index contributed by atoms with van der Waals surface area (Å²) in [6.45, 7) is 6.30. The summed E-state index contributed by atoms with van der Waals surface area (Å²) in [5.74, 6) is 1.80. The molecule has 2 rings (SSSR count). The lowest BCUT2D eigenvalue weighted by Gasteiger charge is -2.31. The summed E-state index contributed by atoms with van der Waals surface area (Å²) >= 11 is 0. The monoisotopic (exact) mass is 289 g/mol. The smallest absolute Gasteiger partial charge is 0.119 e. The highest BCUT2D eigenvalue weighted by Crippen LogP contribution is 2.35. The molecule has 1 aromatic rings. The molecule has 1 aliphatic rings. The van der Waals surface area contributed by atoms with Crippen LogP contribution in [0.3, 0.4) is 0 Å². The maximum Gasteiger partial charge on any atom is 0.119 e. The van der Waals surface area contributed by atoms with Crippen LogP contribution in [0, 0.1) is 5.92 Å². The normalized spacial score (nSPS) is 17.6. The van der Waals surface area contributed by atoms with Crippen LogP contribution < -0.4 is 10.1 Å². The molecule has 2 heteroatoms. The van der Waals surface area contributed by atoms with Crippen LogP contribution in [-0.4, -0.2) is 13.2 Å². The Kier molecular flexibility index (Phi) is 7.08. The minimum absolute atomic E-state index is 0.519. The van der Waals surface area contributed by atoms with Crippen molar-refractivity contribution in [2.75, 3.05) is 13.2 Å². The molecule has 21 heavy (non-hydrogen) atoms. The molecule has 0 saturated heterocycles. The molecule has 0 aliphatic heterocycles. The fourth-order valence-corrected chi connectivity index (χ4v) is 3.32. The summed E-state index contributed by atoms with van der Waals surface area (Å²) in [6.07, 6.45) is 9.20. The van der Waals surface area contributed by atoms with E-state index < -0.39 is 0 Å². The Morgan fingerprint density at radius 3 is 2.38 bits per heavy atom. The molecular formula is C19H31NO. The predicted molar refractivity (Wildman–Crippen MR) is 89.8 cm³/mol. The zero-order valence-electron chi connectivity index (χ0n) is 13.7. The van der Waals surface area contributed by atoms with E-state index in [2.05, 4.69) is 43.4 Å². The van der Waals surface area contributed by atoms with Gasteiger partial charge in [-0.2, -0.15) is 0 Å². The Bertz CT molecular complexity index is 381. The SMILES string of the molecule is CCCNC(c1ccc(OCCC)cc1)C1CCCCC1. The largest absolute Gasteiger partial charge is 0.494 e. The van der Waals surface area contributed by atoms with Crippen LogP contribution >= 0.6 is 0 Å². The minimum atomic E-state index is 0.519. The highest BCUT2D eigenvalue weighted by molar-refractivity contribution is 5.29. The fourth-order valence-electron chi connectivity index (χ4n) is 3.32. The lowest BCUT2D eigenvalue weighted by molar-refractivity contribution is 0.271. The molecule has 0 spiro atoms. The first-order valence-corrected chi connectivity index (χ1v) is 8.81. The van der Waals surface area contributed by atoms with E-state index >= 15 is 0 Å². The number of benzene rings is 1. The van der Waals surface area contributed by atoms with Gasteiger partial charge in [0, 0.05) is 6.04 Å². The quantitative estimate of drug-likeness (QED) is 0.719. The van der Waals surface area contributed by atoms with Crippen molar-refractivity contribution in [2.45, 2.75) is 64.8 Å². The average Bonchev–Trinajstić information content (AvgIpc) is 2.55. The van der Waals surface area contributed by atoms with E-state index in [1.807, 2.05) is 0 Å². The number of nitrogens with one attached hydrogen (secondary N) is 1. The number of hydrogen-bond donors (Lipinski definition) is 1. The van der Waals surface area contributed by atoms with Gasteiger partial charge in [-0.05, 0) is 55.8 Å². The Labute approximate surface area is 130 Å². The average molecular weight is 289 g/mol. The van der Waals surface area contributed by atoms with E-state index in [4.69, 9.17) is 4.74 Å². The molecule has 0 aromatic heterocycles. The molecule has 1 aromatic carbocycles. The Hall–Kier alpha value is -1.02. The highest BCUT2D eigenvalue weighted by Gasteiger charge is 2.24. The summed E-state index contributed by atoms with van der Waals surface area (Å²) in [5, 5.41) is 3.78. The molecule has 1 aliphatic carbocycles. The third-order valence-corrected chi connectivity index (χ3v) is 4.45. The van der Waals surface area contributed by atoms with Crippen LogP contribution in [0.5, 0.6) is 5.75 Å². The van der Waals surface area contributed by atoms with Gasteiger partial charge < -0.3 is 10.1 Å². The zero-order valence-corrected chi connectivity index (χ0v) is 13.7. The van der Waals surface area contributed by atoms with Crippen molar-refractivity contribution in [1.29, 1.82) is 0 Å². The van der Waals surface area contributed by atoms with Gasteiger partial charge in [0.15, 0.2) is 0 Å². The molecule has 1 unspecified atom stereocenters. The Morgan fingerprint density at radius 2 is 1.76 bits per heavy atom. The number of rotatable bonds is 8. The van der Waals surface area contributed by atoms with Crippen molar-refractivity contribution in [1.82, 2.24) is 5.32 Å². The van der Waals surface area contributed by atoms with Gasteiger partial charge in [-0.3, -0.25) is 0 Å². The number of ether oxygens (including phenoxy) is 1. The van der Waals surface area contributed by atoms with Crippen molar-refractivity contribution in [3.63, 3.8) is 0 Å². The van der Waals surface area contributed by atoms with E-state index in [9.17, 15) is 0 Å². The molecule has 2 nitrogen and oxygen atoms in total. The summed E-state index contributed by atoms with van der Waals surface area (Å²) < 4.78 is 5.70. The molecule has 1 N–H and O–H groups in total. The van der Waals surface area contributed by atoms with Gasteiger partial charge in [0.25, 0.3) is 0 Å². The van der Waals surface area contributed by atoms with Crippen LogP contribution in [-0.2, 0) is 0 Å². The van der Waals surface area contributed by atoms with E-state index in [1.54, 1.807) is 0 Å². The van der Waals surface area contributed by atoms with Crippen molar-refractivity contribution >= 4 is 0 Å². The van der Waals surface area contributed by atoms with E-state index in [0.29, 0.717) is 6.04 Å². The molecular weight excluding hydrogens is 258 g/mol. The second-order valence-electron chi connectivity index (χ2n) is 6.25. The molecule has 1 saturated carbocycles. The van der Waals surface area contributed by atoms with E-state index in [-0.39, 0.29) is 0 Å². The van der Waals surface area contributed by atoms with Gasteiger partial charge in [0.1, 0.15) is 5.75 Å². The molecule has 118 valence electrons. The Morgan fingerprint density at radius 1 is 1.05 bits per heavy atom. The van der Waals surface area contributed by atoms with E-state index in [1.165, 1.54) is 44.1 Å². The standard InChI is InChI=1S/C19H31NO/c1-3-14-20-19(16-8-6-5-7-9-16)17-10-12-18(13-11-17)21-15-4-2/h10-13,16,19-20H,3-9,14-15H2,1-2H3. The van der Waals surface area contributed by atoms with Gasteiger partial charge in [-0.25, -0.2) is 0 Å².